The van der Waals surface area contributed by atoms with Crippen molar-refractivity contribution in [2.24, 2.45) is 5.41 Å². The topological polar surface area (TPSA) is 99.2 Å². The van der Waals surface area contributed by atoms with E-state index in [-0.39, 0.29) is 35.9 Å². The van der Waals surface area contributed by atoms with Crippen LogP contribution >= 0.6 is 0 Å². The molecule has 11 heteroatoms. The Bertz CT molecular complexity index is 1490. The van der Waals surface area contributed by atoms with E-state index < -0.39 is 39.1 Å². The van der Waals surface area contributed by atoms with Crippen LogP contribution in [0.3, 0.4) is 0 Å². The molecule has 2 aliphatic heterocycles. The summed E-state index contributed by atoms with van der Waals surface area (Å²) >= 11 is 0. The molecule has 1 amide bonds. The van der Waals surface area contributed by atoms with Crippen molar-refractivity contribution in [1.82, 2.24) is 14.5 Å². The summed E-state index contributed by atoms with van der Waals surface area (Å²) < 4.78 is 62.8. The number of halogens is 2. The van der Waals surface area contributed by atoms with Gasteiger partial charge >= 0.3 is 0 Å². The summed E-state index contributed by atoms with van der Waals surface area (Å²) in [6.45, 7) is 1.42. The summed E-state index contributed by atoms with van der Waals surface area (Å²) in [7, 11) is -2.14. The molecule has 1 unspecified atom stereocenters. The van der Waals surface area contributed by atoms with Crippen LogP contribution in [-0.4, -0.2) is 81.7 Å². The number of nitrogens with one attached hydrogen (secondary N) is 1. The van der Waals surface area contributed by atoms with E-state index in [0.29, 0.717) is 32.5 Å². The number of aliphatic hydroxyl groups is 1. The summed E-state index contributed by atoms with van der Waals surface area (Å²) in [6, 6.07) is 17.3. The number of β-amino-alcohol motifs (C(OH)–C–C–N with tert-alkyl or cyclic N) is 1. The Morgan fingerprint density at radius 1 is 1.00 bits per heavy atom. The highest BCUT2D eigenvalue weighted by molar-refractivity contribution is 7.89. The zero-order valence-corrected chi connectivity index (χ0v) is 23.5. The number of likely N-dealkylation sites (N-methyl/N-ethyl adjacent to an activating group) is 1. The molecule has 1 atom stereocenters. The van der Waals surface area contributed by atoms with Crippen molar-refractivity contribution in [3.8, 4) is 16.9 Å². The van der Waals surface area contributed by atoms with E-state index in [1.807, 2.05) is 42.3 Å². The first-order chi connectivity index (χ1) is 19.5. The third-order valence-electron chi connectivity index (χ3n) is 7.73. The van der Waals surface area contributed by atoms with Crippen LogP contribution in [0.2, 0.25) is 0 Å². The molecule has 5 rings (SSSR count). The van der Waals surface area contributed by atoms with Gasteiger partial charge in [0.2, 0.25) is 10.0 Å². The number of amides is 1. The average Bonchev–Trinajstić information content (AvgIpc) is 2.94. The molecule has 1 spiro atoms. The van der Waals surface area contributed by atoms with Gasteiger partial charge in [-0.2, -0.15) is 0 Å². The van der Waals surface area contributed by atoms with Gasteiger partial charge in [0.25, 0.3) is 5.91 Å². The molecule has 0 aromatic heterocycles. The molecule has 1 fully saturated rings. The monoisotopic (exact) mass is 585 g/mol. The van der Waals surface area contributed by atoms with E-state index >= 15 is 0 Å². The minimum atomic E-state index is -3.99. The Hall–Kier alpha value is -3.38. The minimum Gasteiger partial charge on any atom is -0.492 e. The lowest BCUT2D eigenvalue weighted by Crippen LogP contribution is -2.51. The molecule has 3 aromatic rings. The van der Waals surface area contributed by atoms with Crippen molar-refractivity contribution in [1.29, 1.82) is 0 Å². The summed E-state index contributed by atoms with van der Waals surface area (Å²) in [5.74, 6) is -1.88. The lowest BCUT2D eigenvalue weighted by Gasteiger charge is -2.44. The second-order valence-electron chi connectivity index (χ2n) is 11.0. The van der Waals surface area contributed by atoms with E-state index in [0.717, 1.165) is 29.3 Å². The first-order valence-electron chi connectivity index (χ1n) is 13.5. The maximum atomic E-state index is 13.7. The van der Waals surface area contributed by atoms with E-state index in [4.69, 9.17) is 4.74 Å². The highest BCUT2D eigenvalue weighted by atomic mass is 32.2. The van der Waals surface area contributed by atoms with Crippen molar-refractivity contribution in [3.05, 3.63) is 83.9 Å². The van der Waals surface area contributed by atoms with Crippen LogP contribution in [-0.2, 0) is 10.0 Å². The minimum absolute atomic E-state index is 0.0193. The molecular weight excluding hydrogens is 552 g/mol. The zero-order valence-electron chi connectivity index (χ0n) is 22.7. The highest BCUT2D eigenvalue weighted by Crippen LogP contribution is 2.37. The molecule has 0 saturated carbocycles. The van der Waals surface area contributed by atoms with Crippen LogP contribution in [0.15, 0.2) is 71.6 Å². The number of aliphatic hydroxyl groups excluding tert-OH is 1. The first kappa shape index (κ1) is 29.1. The van der Waals surface area contributed by atoms with Crippen LogP contribution in [0, 0.1) is 17.0 Å². The maximum absolute atomic E-state index is 13.7. The third-order valence-corrected chi connectivity index (χ3v) is 9.19. The van der Waals surface area contributed by atoms with Gasteiger partial charge in [-0.25, -0.2) is 21.9 Å². The molecule has 3 aromatic carbocycles. The predicted molar refractivity (Wildman–Crippen MR) is 150 cm³/mol. The molecule has 2 aliphatic rings. The molecule has 41 heavy (non-hydrogen) atoms. The first-order valence-corrected chi connectivity index (χ1v) is 15.0. The van der Waals surface area contributed by atoms with Gasteiger partial charge in [-0.15, -0.1) is 0 Å². The number of hydrogen-bond acceptors (Lipinski definition) is 6. The average molecular weight is 586 g/mol. The second-order valence-corrected chi connectivity index (χ2v) is 12.7. The fraction of sp³-hybridized carbons (Fsp3) is 0.367. The van der Waals surface area contributed by atoms with Gasteiger partial charge in [0.05, 0.1) is 12.7 Å². The number of carbonyl (C=O) groups is 1. The maximum Gasteiger partial charge on any atom is 0.254 e. The molecule has 0 bridgehead atoms. The number of benzene rings is 3. The van der Waals surface area contributed by atoms with Gasteiger partial charge in [-0.05, 0) is 55.3 Å². The summed E-state index contributed by atoms with van der Waals surface area (Å²) in [5.41, 5.74) is 1.17. The van der Waals surface area contributed by atoms with Gasteiger partial charge in [-0.1, -0.05) is 36.4 Å². The van der Waals surface area contributed by atoms with Crippen LogP contribution in [0.5, 0.6) is 5.75 Å². The van der Waals surface area contributed by atoms with E-state index in [1.165, 1.54) is 6.07 Å². The molecule has 0 radical (unpaired) electrons. The Kier molecular flexibility index (Phi) is 8.42. The Labute approximate surface area is 238 Å². The molecule has 8 nitrogen and oxygen atoms in total. The van der Waals surface area contributed by atoms with Gasteiger partial charge in [0.15, 0.2) is 0 Å². The standard InChI is InChI=1S/C30H33F2N3O5S/c1-34-18-26(36)17-33-41(38,39)28-8-7-22(21-5-3-2-4-6-21)15-27(28)40-20-30(19-34)9-11-35(12-10-30)29(37)23-13-24(31)16-25(32)14-23/h2-8,13-16,26,33,36H,9-12,17-20H2,1H3. The molecule has 218 valence electrons. The van der Waals surface area contributed by atoms with E-state index in [2.05, 4.69) is 4.72 Å². The number of nitrogens with zero attached hydrogens (tertiary/aromatic N) is 2. The Morgan fingerprint density at radius 3 is 2.37 bits per heavy atom. The van der Waals surface area contributed by atoms with Gasteiger partial charge in [-0.3, -0.25) is 4.79 Å². The van der Waals surface area contributed by atoms with Crippen LogP contribution in [0.4, 0.5) is 8.78 Å². The number of rotatable bonds is 2. The smallest absolute Gasteiger partial charge is 0.254 e. The predicted octanol–water partition coefficient (Wildman–Crippen LogP) is 3.52. The van der Waals surface area contributed by atoms with Gasteiger partial charge < -0.3 is 19.6 Å². The molecule has 0 aliphatic carbocycles. The van der Waals surface area contributed by atoms with Crippen molar-refractivity contribution in [2.45, 2.75) is 23.8 Å². The van der Waals surface area contributed by atoms with Crippen LogP contribution in [0.1, 0.15) is 23.2 Å². The van der Waals surface area contributed by atoms with Crippen LogP contribution < -0.4 is 9.46 Å². The van der Waals surface area contributed by atoms with Crippen molar-refractivity contribution < 1.29 is 31.8 Å². The van der Waals surface area contributed by atoms with Gasteiger partial charge in [0, 0.05) is 49.8 Å². The lowest BCUT2D eigenvalue weighted by molar-refractivity contribution is 0.0159. The van der Waals surface area contributed by atoms with Crippen molar-refractivity contribution >= 4 is 15.9 Å². The number of likely N-dealkylation sites (tertiary alicyclic amines) is 1. The number of ether oxygens (including phenoxy) is 1. The van der Waals surface area contributed by atoms with Crippen LogP contribution in [0.25, 0.3) is 11.1 Å². The largest absolute Gasteiger partial charge is 0.492 e. The Balaban J connectivity index is 1.43. The molecular formula is C30H33F2N3O5S. The number of hydrogen-bond donors (Lipinski definition) is 2. The molecule has 2 heterocycles. The Morgan fingerprint density at radius 2 is 1.68 bits per heavy atom. The number of fused-ring (bicyclic) bond motifs is 1. The number of piperidine rings is 1. The SMILES string of the molecule is CN1CC(O)CNS(=O)(=O)c2ccc(-c3ccccc3)cc2OCC2(CCN(C(=O)c3cc(F)cc(F)c3)CC2)C1. The second kappa shape index (κ2) is 11.8. The van der Waals surface area contributed by atoms with Crippen molar-refractivity contribution in [3.63, 3.8) is 0 Å². The molecule has 1 saturated heterocycles. The summed E-state index contributed by atoms with van der Waals surface area (Å²) in [6.07, 6.45) is 0.0782. The number of carbonyl (C=O) groups excluding carboxylic acids is 1. The van der Waals surface area contributed by atoms with E-state index in [1.54, 1.807) is 17.0 Å². The fourth-order valence-corrected chi connectivity index (χ4v) is 6.82. The van der Waals surface area contributed by atoms with Gasteiger partial charge in [0.1, 0.15) is 22.3 Å². The lowest BCUT2D eigenvalue weighted by atomic mass is 9.78. The highest BCUT2D eigenvalue weighted by Gasteiger charge is 2.39. The fourth-order valence-electron chi connectivity index (χ4n) is 5.62. The normalized spacial score (nSPS) is 21.3. The number of sulfonamides is 1. The van der Waals surface area contributed by atoms with Crippen molar-refractivity contribution in [2.75, 3.05) is 46.4 Å². The third kappa shape index (κ3) is 6.75. The molecule has 2 N–H and O–H groups in total. The zero-order chi connectivity index (χ0) is 29.2. The summed E-state index contributed by atoms with van der Waals surface area (Å²) in [4.78, 5) is 16.5. The quantitative estimate of drug-likeness (QED) is 0.478. The van der Waals surface area contributed by atoms with E-state index in [9.17, 15) is 27.1 Å². The summed E-state index contributed by atoms with van der Waals surface area (Å²) in [5, 5.41) is 10.6.